The van der Waals surface area contributed by atoms with E-state index in [9.17, 15) is 13.6 Å². The van der Waals surface area contributed by atoms with Gasteiger partial charge in [0, 0.05) is 27.0 Å². The molecule has 0 spiro atoms. The van der Waals surface area contributed by atoms with Crippen molar-refractivity contribution in [3.05, 3.63) is 98.3 Å². The van der Waals surface area contributed by atoms with Crippen LogP contribution in [-0.4, -0.2) is 14.2 Å². The van der Waals surface area contributed by atoms with Gasteiger partial charge in [0.2, 0.25) is 9.84 Å². The van der Waals surface area contributed by atoms with Gasteiger partial charge in [-0.2, -0.15) is 4.73 Å². The fourth-order valence-electron chi connectivity index (χ4n) is 3.09. The molecule has 0 aliphatic heterocycles. The van der Waals surface area contributed by atoms with Crippen LogP contribution in [0, 0.1) is 12.1 Å². The summed E-state index contributed by atoms with van der Waals surface area (Å²) in [7, 11) is -3.86. The lowest BCUT2D eigenvalue weighted by Crippen LogP contribution is -2.36. The molecule has 0 saturated heterocycles. The van der Waals surface area contributed by atoms with Crippen molar-refractivity contribution in [1.29, 1.82) is 0 Å². The summed E-state index contributed by atoms with van der Waals surface area (Å²) in [6, 6.07) is 17.8. The van der Waals surface area contributed by atoms with Crippen LogP contribution in [0.1, 0.15) is 22.6 Å². The van der Waals surface area contributed by atoms with E-state index in [4.69, 9.17) is 11.6 Å². The highest BCUT2D eigenvalue weighted by Crippen LogP contribution is 2.34. The predicted molar refractivity (Wildman–Crippen MR) is 110 cm³/mol. The zero-order valence-corrected chi connectivity index (χ0v) is 17.6. The lowest BCUT2D eigenvalue weighted by molar-refractivity contribution is -0.647. The van der Waals surface area contributed by atoms with Crippen LogP contribution in [-0.2, 0) is 9.84 Å². The predicted octanol–water partition coefficient (Wildman–Crippen LogP) is 4.65. The van der Waals surface area contributed by atoms with E-state index >= 15 is 0 Å². The highest BCUT2D eigenvalue weighted by Gasteiger charge is 2.32. The van der Waals surface area contributed by atoms with Crippen molar-refractivity contribution in [2.45, 2.75) is 17.9 Å². The number of pyridine rings is 1. The van der Waals surface area contributed by atoms with Gasteiger partial charge in [0.25, 0.3) is 0 Å². The van der Waals surface area contributed by atoms with Crippen LogP contribution in [0.3, 0.4) is 0 Å². The largest absolute Gasteiger partial charge is 0.618 e. The Kier molecular flexibility index (Phi) is 5.89. The van der Waals surface area contributed by atoms with Gasteiger partial charge in [-0.3, -0.25) is 0 Å². The Labute approximate surface area is 172 Å². The molecule has 1 atom stereocenters. The van der Waals surface area contributed by atoms with Gasteiger partial charge in [0.15, 0.2) is 6.20 Å². The first-order valence-electron chi connectivity index (χ1n) is 8.21. The van der Waals surface area contributed by atoms with Crippen molar-refractivity contribution < 1.29 is 13.1 Å². The number of nitrogens with zero attached hydrogens (tertiary/aromatic N) is 1. The Hall–Kier alpha value is -1.89. The van der Waals surface area contributed by atoms with Crippen LogP contribution in [0.25, 0.3) is 0 Å². The molecule has 3 aromatic rings. The molecule has 0 bridgehead atoms. The molecule has 27 heavy (non-hydrogen) atoms. The fourth-order valence-corrected chi connectivity index (χ4v) is 5.76. The summed E-state index contributed by atoms with van der Waals surface area (Å²) >= 11 is 9.79. The molecule has 0 saturated carbocycles. The normalized spacial score (nSPS) is 12.7. The summed E-state index contributed by atoms with van der Waals surface area (Å²) in [6.07, 6.45) is 1.20. The summed E-state index contributed by atoms with van der Waals surface area (Å²) in [5, 5.41) is 12.4. The van der Waals surface area contributed by atoms with Crippen LogP contribution in [0.2, 0.25) is 5.02 Å². The molecule has 4 nitrogen and oxygen atoms in total. The first-order valence-corrected chi connectivity index (χ1v) is 11.0. The molecule has 0 aliphatic rings. The number of benzene rings is 2. The number of rotatable bonds is 5. The first-order chi connectivity index (χ1) is 12.8. The van der Waals surface area contributed by atoms with E-state index in [0.717, 1.165) is 10.0 Å². The highest BCUT2D eigenvalue weighted by atomic mass is 79.9. The summed E-state index contributed by atoms with van der Waals surface area (Å²) in [5.41, 5.74) is 1.93. The van der Waals surface area contributed by atoms with Gasteiger partial charge in [-0.05, 0) is 36.2 Å². The van der Waals surface area contributed by atoms with Gasteiger partial charge in [-0.25, -0.2) is 8.42 Å². The zero-order chi connectivity index (χ0) is 19.6. The Morgan fingerprint density at radius 2 is 1.81 bits per heavy atom. The minimum atomic E-state index is -3.86. The van der Waals surface area contributed by atoms with Crippen LogP contribution < -0.4 is 4.73 Å². The molecule has 140 valence electrons. The van der Waals surface area contributed by atoms with Crippen molar-refractivity contribution in [3.8, 4) is 0 Å². The third kappa shape index (κ3) is 4.34. The molecular weight excluding hydrogens is 450 g/mol. The van der Waals surface area contributed by atoms with Gasteiger partial charge in [-0.15, -0.1) is 0 Å². The third-order valence-corrected chi connectivity index (χ3v) is 7.01. The SMILES string of the molecule is Cc1ccc[n+]([O-])c1S(=O)(=O)CC(c1ccccc1)c1ccc(Br)cc1Cl. The maximum absolute atomic E-state index is 13.1. The Bertz CT molecular complexity index is 1050. The van der Waals surface area contributed by atoms with Crippen molar-refractivity contribution in [2.75, 3.05) is 5.75 Å². The maximum atomic E-state index is 13.1. The second-order valence-electron chi connectivity index (χ2n) is 6.23. The number of aromatic nitrogens is 1. The fraction of sp³-hybridized carbons (Fsp3) is 0.150. The van der Waals surface area contributed by atoms with Gasteiger partial charge in [-0.1, -0.05) is 63.9 Å². The first kappa shape index (κ1) is 19.9. The molecule has 2 aromatic carbocycles. The second-order valence-corrected chi connectivity index (χ2v) is 9.51. The molecule has 0 N–H and O–H groups in total. The molecule has 1 unspecified atom stereocenters. The van der Waals surface area contributed by atoms with E-state index in [1.54, 1.807) is 19.1 Å². The standard InChI is InChI=1S/C20H17BrClNO3S/c1-14-6-5-11-23(24)20(14)27(25,26)13-18(15-7-3-2-4-8-15)17-10-9-16(21)12-19(17)22/h2-12,18H,13H2,1H3. The topological polar surface area (TPSA) is 61.1 Å². The molecule has 0 radical (unpaired) electrons. The van der Waals surface area contributed by atoms with Crippen molar-refractivity contribution in [2.24, 2.45) is 0 Å². The third-order valence-electron chi connectivity index (χ3n) is 4.33. The van der Waals surface area contributed by atoms with Crippen molar-refractivity contribution in [3.63, 3.8) is 0 Å². The smallest absolute Gasteiger partial charge is 0.311 e. The van der Waals surface area contributed by atoms with Gasteiger partial charge >= 0.3 is 5.03 Å². The monoisotopic (exact) mass is 465 g/mol. The van der Waals surface area contributed by atoms with Crippen LogP contribution in [0.5, 0.6) is 0 Å². The summed E-state index contributed by atoms with van der Waals surface area (Å²) in [4.78, 5) is 0. The van der Waals surface area contributed by atoms with E-state index in [1.807, 2.05) is 42.5 Å². The van der Waals surface area contributed by atoms with Crippen LogP contribution in [0.4, 0.5) is 0 Å². The highest BCUT2D eigenvalue weighted by molar-refractivity contribution is 9.10. The number of halogens is 2. The number of aryl methyl sites for hydroxylation is 1. The Morgan fingerprint density at radius 1 is 1.11 bits per heavy atom. The molecule has 1 aromatic heterocycles. The van der Waals surface area contributed by atoms with Gasteiger partial charge in [0.1, 0.15) is 0 Å². The molecule has 3 rings (SSSR count). The van der Waals surface area contributed by atoms with Gasteiger partial charge in [0.05, 0.1) is 5.75 Å². The number of hydrogen-bond acceptors (Lipinski definition) is 3. The second kappa shape index (κ2) is 8.00. The molecule has 0 aliphatic carbocycles. The Balaban J connectivity index is 2.12. The lowest BCUT2D eigenvalue weighted by atomic mass is 9.93. The summed E-state index contributed by atoms with van der Waals surface area (Å²) in [6.45, 7) is 1.62. The molecular formula is C20H17BrClNO3S. The van der Waals surface area contributed by atoms with Crippen LogP contribution in [0.15, 0.2) is 76.4 Å². The molecule has 1 heterocycles. The van der Waals surface area contributed by atoms with Crippen molar-refractivity contribution in [1.82, 2.24) is 0 Å². The number of sulfone groups is 1. The summed E-state index contributed by atoms with van der Waals surface area (Å²) < 4.78 is 27.5. The number of hydrogen-bond donors (Lipinski definition) is 0. The van der Waals surface area contributed by atoms with Gasteiger partial charge < -0.3 is 5.21 Å². The molecule has 0 amide bonds. The minimum absolute atomic E-state index is 0.223. The maximum Gasteiger partial charge on any atom is 0.311 e. The quantitative estimate of drug-likeness (QED) is 0.406. The lowest BCUT2D eigenvalue weighted by Gasteiger charge is -2.19. The zero-order valence-electron chi connectivity index (χ0n) is 14.5. The van der Waals surface area contributed by atoms with Crippen molar-refractivity contribution >= 4 is 37.4 Å². The van der Waals surface area contributed by atoms with E-state index in [1.165, 1.54) is 12.3 Å². The van der Waals surface area contributed by atoms with E-state index in [0.29, 0.717) is 20.9 Å². The van der Waals surface area contributed by atoms with Crippen LogP contribution >= 0.6 is 27.5 Å². The van der Waals surface area contributed by atoms with E-state index < -0.39 is 15.8 Å². The Morgan fingerprint density at radius 3 is 2.44 bits per heavy atom. The summed E-state index contributed by atoms with van der Waals surface area (Å²) in [5.74, 6) is -0.762. The van der Waals surface area contributed by atoms with E-state index in [-0.39, 0.29) is 10.8 Å². The average molecular weight is 467 g/mol. The molecule has 0 fully saturated rings. The minimum Gasteiger partial charge on any atom is -0.618 e. The van der Waals surface area contributed by atoms with E-state index in [2.05, 4.69) is 15.9 Å². The molecule has 7 heteroatoms. The average Bonchev–Trinajstić information content (AvgIpc) is 2.60.